The van der Waals surface area contributed by atoms with E-state index in [1.807, 2.05) is 25.1 Å². The van der Waals surface area contributed by atoms with Gasteiger partial charge < -0.3 is 23.7 Å². The van der Waals surface area contributed by atoms with E-state index in [0.29, 0.717) is 0 Å². The summed E-state index contributed by atoms with van der Waals surface area (Å²) >= 11 is 0. The van der Waals surface area contributed by atoms with Crippen LogP contribution in [0.1, 0.15) is 35.3 Å². The van der Waals surface area contributed by atoms with Crippen LogP contribution in [0.3, 0.4) is 0 Å². The lowest BCUT2D eigenvalue weighted by molar-refractivity contribution is -0.314. The quantitative estimate of drug-likeness (QED) is 0.721. The van der Waals surface area contributed by atoms with E-state index in [2.05, 4.69) is 0 Å². The number of ketones is 1. The maximum absolute atomic E-state index is 11.6. The van der Waals surface area contributed by atoms with Gasteiger partial charge in [-0.15, -0.1) is 0 Å². The van der Waals surface area contributed by atoms with Crippen molar-refractivity contribution in [1.29, 1.82) is 0 Å². The van der Waals surface area contributed by atoms with E-state index < -0.39 is 6.29 Å². The zero-order chi connectivity index (χ0) is 18.8. The van der Waals surface area contributed by atoms with Gasteiger partial charge in [-0.1, -0.05) is 12.1 Å². The van der Waals surface area contributed by atoms with Crippen molar-refractivity contribution in [1.82, 2.24) is 0 Å². The van der Waals surface area contributed by atoms with Gasteiger partial charge in [0.1, 0.15) is 18.3 Å². The number of ether oxygens (including phenoxy) is 5. The second-order valence-corrected chi connectivity index (χ2v) is 7.02. The zero-order valence-corrected chi connectivity index (χ0v) is 16.1. The van der Waals surface area contributed by atoms with Crippen molar-refractivity contribution in [2.75, 3.05) is 21.3 Å². The first-order valence-electron chi connectivity index (χ1n) is 9.00. The molecule has 1 fully saturated rings. The highest BCUT2D eigenvalue weighted by Gasteiger charge is 2.47. The van der Waals surface area contributed by atoms with Gasteiger partial charge >= 0.3 is 0 Å². The Morgan fingerprint density at radius 3 is 2.27 bits per heavy atom. The molecule has 0 radical (unpaired) electrons. The number of methoxy groups -OCH3 is 3. The minimum Gasteiger partial charge on any atom is -0.376 e. The van der Waals surface area contributed by atoms with Crippen molar-refractivity contribution in [2.24, 2.45) is 0 Å². The van der Waals surface area contributed by atoms with E-state index in [-0.39, 0.29) is 36.3 Å². The minimum atomic E-state index is -0.530. The Balaban J connectivity index is 1.71. The van der Waals surface area contributed by atoms with Crippen LogP contribution in [0.15, 0.2) is 18.2 Å². The van der Waals surface area contributed by atoms with Gasteiger partial charge in [-0.3, -0.25) is 4.79 Å². The summed E-state index contributed by atoms with van der Waals surface area (Å²) in [6, 6.07) is 5.87. The van der Waals surface area contributed by atoms with Gasteiger partial charge in [0.15, 0.2) is 12.1 Å². The SMILES string of the molecule is COC1[C@@H](OC)[C@H](OC2Cc3ccc(C(C)=O)cc3C2)O[C@@H](C)[C@@H]1OC. The van der Waals surface area contributed by atoms with Crippen LogP contribution in [-0.2, 0) is 36.5 Å². The average molecular weight is 364 g/mol. The number of hydrogen-bond donors (Lipinski definition) is 0. The summed E-state index contributed by atoms with van der Waals surface area (Å²) in [6.45, 7) is 3.53. The van der Waals surface area contributed by atoms with Crippen LogP contribution in [0, 0.1) is 0 Å². The maximum atomic E-state index is 11.6. The number of carbonyl (C=O) groups excluding carboxylic acids is 1. The summed E-state index contributed by atoms with van der Waals surface area (Å²) in [5.74, 6) is 0.0783. The summed E-state index contributed by atoms with van der Waals surface area (Å²) in [7, 11) is 4.92. The molecule has 144 valence electrons. The molecule has 1 aromatic carbocycles. The molecule has 1 aliphatic carbocycles. The molecule has 6 heteroatoms. The summed E-state index contributed by atoms with van der Waals surface area (Å²) < 4.78 is 29.1. The van der Waals surface area contributed by atoms with E-state index in [1.54, 1.807) is 28.3 Å². The van der Waals surface area contributed by atoms with Gasteiger partial charge in [0.25, 0.3) is 0 Å². The molecule has 0 aromatic heterocycles. The molecule has 2 aliphatic rings. The van der Waals surface area contributed by atoms with Crippen molar-refractivity contribution < 1.29 is 28.5 Å². The predicted octanol–water partition coefficient (Wildman–Crippen LogP) is 2.16. The molecule has 26 heavy (non-hydrogen) atoms. The van der Waals surface area contributed by atoms with Crippen LogP contribution < -0.4 is 0 Å². The fourth-order valence-corrected chi connectivity index (χ4v) is 4.01. The topological polar surface area (TPSA) is 63.2 Å². The highest BCUT2D eigenvalue weighted by molar-refractivity contribution is 5.94. The average Bonchev–Trinajstić information content (AvgIpc) is 3.02. The Hall–Kier alpha value is -1.31. The molecule has 6 atom stereocenters. The third kappa shape index (κ3) is 3.70. The fraction of sp³-hybridized carbons (Fsp3) is 0.650. The molecular weight excluding hydrogens is 336 g/mol. The molecule has 0 saturated carbocycles. The Morgan fingerprint density at radius 2 is 1.65 bits per heavy atom. The Morgan fingerprint density at radius 1 is 1.00 bits per heavy atom. The minimum absolute atomic E-state index is 0.0151. The van der Waals surface area contributed by atoms with Gasteiger partial charge in [-0.05, 0) is 43.9 Å². The highest BCUT2D eigenvalue weighted by Crippen LogP contribution is 2.32. The Labute approximate surface area is 154 Å². The van der Waals surface area contributed by atoms with Crippen molar-refractivity contribution >= 4 is 5.78 Å². The summed E-state index contributed by atoms with van der Waals surface area (Å²) in [5, 5.41) is 0. The molecule has 0 amide bonds. The second-order valence-electron chi connectivity index (χ2n) is 7.02. The summed E-state index contributed by atoms with van der Waals surface area (Å²) in [4.78, 5) is 11.6. The van der Waals surface area contributed by atoms with Gasteiger partial charge in [0, 0.05) is 26.9 Å². The number of fused-ring (bicyclic) bond motifs is 1. The largest absolute Gasteiger partial charge is 0.376 e. The van der Waals surface area contributed by atoms with Crippen LogP contribution in [0.5, 0.6) is 0 Å². The lowest BCUT2D eigenvalue weighted by Crippen LogP contribution is -2.59. The predicted molar refractivity (Wildman–Crippen MR) is 95.5 cm³/mol. The first-order valence-corrected chi connectivity index (χ1v) is 9.00. The number of rotatable bonds is 6. The lowest BCUT2D eigenvalue weighted by atomic mass is 9.99. The molecular formula is C20H28O6. The highest BCUT2D eigenvalue weighted by atomic mass is 16.7. The molecule has 6 nitrogen and oxygen atoms in total. The normalized spacial score (nSPS) is 33.9. The van der Waals surface area contributed by atoms with E-state index in [0.717, 1.165) is 18.4 Å². The lowest BCUT2D eigenvalue weighted by Gasteiger charge is -2.44. The number of hydrogen-bond acceptors (Lipinski definition) is 6. The van der Waals surface area contributed by atoms with E-state index in [4.69, 9.17) is 23.7 Å². The number of Topliss-reactive ketones (excluding diaryl/α,β-unsaturated/α-hetero) is 1. The first-order chi connectivity index (χ1) is 12.5. The van der Waals surface area contributed by atoms with Crippen LogP contribution in [0.4, 0.5) is 0 Å². The van der Waals surface area contributed by atoms with Crippen molar-refractivity contribution in [3.63, 3.8) is 0 Å². The van der Waals surface area contributed by atoms with E-state index in [9.17, 15) is 4.79 Å². The van der Waals surface area contributed by atoms with E-state index in [1.165, 1.54) is 11.1 Å². The van der Waals surface area contributed by atoms with Gasteiger partial charge in [-0.25, -0.2) is 0 Å². The van der Waals surface area contributed by atoms with Crippen LogP contribution in [-0.4, -0.2) is 63.9 Å². The molecule has 1 saturated heterocycles. The molecule has 1 aromatic rings. The summed E-state index contributed by atoms with van der Waals surface area (Å²) in [6.07, 6.45) is -0.0324. The van der Waals surface area contributed by atoms with Gasteiger partial charge in [-0.2, -0.15) is 0 Å². The number of carbonyl (C=O) groups is 1. The standard InChI is InChI=1S/C20H28O6/c1-11(21)13-6-7-14-9-16(10-15(14)8-13)26-20-19(24-5)18(23-4)17(22-3)12(2)25-20/h6-8,12,16-20H,9-10H2,1-5H3/t12-,16?,17-,18?,19+,20-/m0/s1. The van der Waals surface area contributed by atoms with E-state index >= 15 is 0 Å². The smallest absolute Gasteiger partial charge is 0.187 e. The Kier molecular flexibility index (Phi) is 6.10. The second kappa shape index (κ2) is 8.15. The van der Waals surface area contributed by atoms with Crippen molar-refractivity contribution in [2.45, 2.75) is 63.5 Å². The molecule has 0 bridgehead atoms. The zero-order valence-electron chi connectivity index (χ0n) is 16.1. The first kappa shape index (κ1) is 19.5. The number of benzene rings is 1. The van der Waals surface area contributed by atoms with Gasteiger partial charge in [0.2, 0.25) is 0 Å². The molecule has 2 unspecified atom stereocenters. The molecule has 1 aliphatic heterocycles. The maximum Gasteiger partial charge on any atom is 0.187 e. The molecule has 0 spiro atoms. The fourth-order valence-electron chi connectivity index (χ4n) is 4.01. The third-order valence-electron chi connectivity index (χ3n) is 5.38. The van der Waals surface area contributed by atoms with Crippen molar-refractivity contribution in [3.8, 4) is 0 Å². The summed E-state index contributed by atoms with van der Waals surface area (Å²) in [5.41, 5.74) is 3.12. The van der Waals surface area contributed by atoms with Crippen molar-refractivity contribution in [3.05, 3.63) is 34.9 Å². The molecule has 3 rings (SSSR count). The van der Waals surface area contributed by atoms with Crippen LogP contribution in [0.2, 0.25) is 0 Å². The third-order valence-corrected chi connectivity index (χ3v) is 5.38. The monoisotopic (exact) mass is 364 g/mol. The molecule has 1 heterocycles. The van der Waals surface area contributed by atoms with Gasteiger partial charge in [0.05, 0.1) is 12.2 Å². The van der Waals surface area contributed by atoms with Crippen LogP contribution in [0.25, 0.3) is 0 Å². The van der Waals surface area contributed by atoms with Crippen LogP contribution >= 0.6 is 0 Å². The Bertz CT molecular complexity index is 645. The molecule has 0 N–H and O–H groups in total.